The highest BCUT2D eigenvalue weighted by Gasteiger charge is 2.07. The van der Waals surface area contributed by atoms with Crippen molar-refractivity contribution in [2.45, 2.75) is 12.8 Å². The number of terminal acetylenes is 1. The smallest absolute Gasteiger partial charge is 0.123 e. The molecule has 1 aromatic rings. The van der Waals surface area contributed by atoms with Crippen molar-refractivity contribution in [3.05, 3.63) is 23.8 Å². The van der Waals surface area contributed by atoms with Crippen LogP contribution in [0.1, 0.15) is 18.4 Å². The molecule has 0 bridgehead atoms. The molecular formula is C10H10O2. The van der Waals surface area contributed by atoms with E-state index in [0.29, 0.717) is 5.56 Å². The van der Waals surface area contributed by atoms with E-state index in [2.05, 4.69) is 5.92 Å². The van der Waals surface area contributed by atoms with Crippen molar-refractivity contribution in [3.8, 4) is 23.8 Å². The van der Waals surface area contributed by atoms with Gasteiger partial charge in [-0.1, -0.05) is 12.0 Å². The standard InChI is InChI=1S/C10H10O2/c1-3-7(2)9-5-4-8(11)6-10(9)12/h1,4-7,11-12H,2H3. The highest BCUT2D eigenvalue weighted by Crippen LogP contribution is 2.28. The number of benzene rings is 1. The molecule has 62 valence electrons. The van der Waals surface area contributed by atoms with E-state index in [0.717, 1.165) is 0 Å². The lowest BCUT2D eigenvalue weighted by atomic mass is 10.0. The lowest BCUT2D eigenvalue weighted by molar-refractivity contribution is 0.445. The summed E-state index contributed by atoms with van der Waals surface area (Å²) in [4.78, 5) is 0. The van der Waals surface area contributed by atoms with Crippen LogP contribution in [0.2, 0.25) is 0 Å². The Bertz CT molecular complexity index is 323. The molecule has 1 atom stereocenters. The van der Waals surface area contributed by atoms with Gasteiger partial charge < -0.3 is 10.2 Å². The van der Waals surface area contributed by atoms with Gasteiger partial charge in [-0.05, 0) is 13.0 Å². The van der Waals surface area contributed by atoms with Crippen molar-refractivity contribution in [3.63, 3.8) is 0 Å². The second-order valence-corrected chi connectivity index (χ2v) is 2.63. The van der Waals surface area contributed by atoms with E-state index in [-0.39, 0.29) is 17.4 Å². The molecular weight excluding hydrogens is 152 g/mol. The number of phenolic OH excluding ortho intramolecular Hbond substituents is 2. The molecule has 0 aliphatic heterocycles. The van der Waals surface area contributed by atoms with Crippen LogP contribution < -0.4 is 0 Å². The van der Waals surface area contributed by atoms with Crippen LogP contribution in [0.5, 0.6) is 11.5 Å². The minimum Gasteiger partial charge on any atom is -0.508 e. The highest BCUT2D eigenvalue weighted by atomic mass is 16.3. The second-order valence-electron chi connectivity index (χ2n) is 2.63. The Kier molecular flexibility index (Phi) is 2.25. The third-order valence-corrected chi connectivity index (χ3v) is 1.73. The average Bonchev–Trinajstić information content (AvgIpc) is 2.03. The zero-order valence-electron chi connectivity index (χ0n) is 6.78. The van der Waals surface area contributed by atoms with Gasteiger partial charge in [-0.15, -0.1) is 6.42 Å². The van der Waals surface area contributed by atoms with Gasteiger partial charge >= 0.3 is 0 Å². The third-order valence-electron chi connectivity index (χ3n) is 1.73. The fraction of sp³-hybridized carbons (Fsp3) is 0.200. The summed E-state index contributed by atoms with van der Waals surface area (Å²) in [5.41, 5.74) is 0.662. The number of hydrogen-bond donors (Lipinski definition) is 2. The molecule has 0 saturated heterocycles. The topological polar surface area (TPSA) is 40.5 Å². The summed E-state index contributed by atoms with van der Waals surface area (Å²) >= 11 is 0. The molecule has 2 nitrogen and oxygen atoms in total. The summed E-state index contributed by atoms with van der Waals surface area (Å²) in [6.45, 7) is 1.81. The molecule has 0 aliphatic rings. The van der Waals surface area contributed by atoms with Gasteiger partial charge in [0.25, 0.3) is 0 Å². The maximum absolute atomic E-state index is 9.34. The Balaban J connectivity index is 3.11. The Hall–Kier alpha value is -1.62. The molecule has 0 fully saturated rings. The third kappa shape index (κ3) is 1.51. The van der Waals surface area contributed by atoms with Gasteiger partial charge in [0.2, 0.25) is 0 Å². The zero-order chi connectivity index (χ0) is 9.14. The van der Waals surface area contributed by atoms with Gasteiger partial charge in [0, 0.05) is 17.5 Å². The van der Waals surface area contributed by atoms with E-state index in [4.69, 9.17) is 11.5 Å². The predicted molar refractivity (Wildman–Crippen MR) is 47.0 cm³/mol. The molecule has 2 N–H and O–H groups in total. The van der Waals surface area contributed by atoms with Crippen LogP contribution in [0.3, 0.4) is 0 Å². The monoisotopic (exact) mass is 162 g/mol. The van der Waals surface area contributed by atoms with Crippen molar-refractivity contribution in [2.24, 2.45) is 0 Å². The Morgan fingerprint density at radius 3 is 2.58 bits per heavy atom. The van der Waals surface area contributed by atoms with Crippen LogP contribution in [0, 0.1) is 12.3 Å². The van der Waals surface area contributed by atoms with E-state index in [1.165, 1.54) is 12.1 Å². The number of hydrogen-bond acceptors (Lipinski definition) is 2. The Morgan fingerprint density at radius 2 is 2.08 bits per heavy atom. The van der Waals surface area contributed by atoms with Crippen molar-refractivity contribution in [1.29, 1.82) is 0 Å². The van der Waals surface area contributed by atoms with Gasteiger partial charge in [0.15, 0.2) is 0 Å². The molecule has 12 heavy (non-hydrogen) atoms. The summed E-state index contributed by atoms with van der Waals surface area (Å²) in [6.07, 6.45) is 5.19. The van der Waals surface area contributed by atoms with Crippen molar-refractivity contribution >= 4 is 0 Å². The van der Waals surface area contributed by atoms with Crippen molar-refractivity contribution in [1.82, 2.24) is 0 Å². The molecule has 1 rings (SSSR count). The minimum atomic E-state index is -0.134. The van der Waals surface area contributed by atoms with Crippen molar-refractivity contribution < 1.29 is 10.2 Å². The largest absolute Gasteiger partial charge is 0.508 e. The summed E-state index contributed by atoms with van der Waals surface area (Å²) in [7, 11) is 0. The van der Waals surface area contributed by atoms with Gasteiger partial charge in [-0.2, -0.15) is 0 Å². The maximum atomic E-state index is 9.34. The van der Waals surface area contributed by atoms with E-state index in [9.17, 15) is 5.11 Å². The first-order chi connectivity index (χ1) is 5.65. The molecule has 0 aliphatic carbocycles. The maximum Gasteiger partial charge on any atom is 0.123 e. The minimum absolute atomic E-state index is 0.0421. The van der Waals surface area contributed by atoms with E-state index in [1.807, 2.05) is 6.92 Å². The summed E-state index contributed by atoms with van der Waals surface area (Å²) in [5.74, 6) is 2.45. The first-order valence-electron chi connectivity index (χ1n) is 3.63. The van der Waals surface area contributed by atoms with E-state index >= 15 is 0 Å². The van der Waals surface area contributed by atoms with Gasteiger partial charge in [0.05, 0.1) is 0 Å². The van der Waals surface area contributed by atoms with E-state index < -0.39 is 0 Å². The molecule has 2 heteroatoms. The molecule has 0 radical (unpaired) electrons. The van der Waals surface area contributed by atoms with Crippen LogP contribution in [0.25, 0.3) is 0 Å². The molecule has 0 aromatic heterocycles. The average molecular weight is 162 g/mol. The summed E-state index contributed by atoms with van der Waals surface area (Å²) < 4.78 is 0. The van der Waals surface area contributed by atoms with Crippen LogP contribution in [0.15, 0.2) is 18.2 Å². The van der Waals surface area contributed by atoms with Gasteiger partial charge in [-0.3, -0.25) is 0 Å². The Labute approximate surface area is 71.5 Å². The normalized spacial score (nSPS) is 12.0. The number of rotatable bonds is 1. The van der Waals surface area contributed by atoms with Crippen LogP contribution in [-0.2, 0) is 0 Å². The molecule has 0 saturated carbocycles. The fourth-order valence-corrected chi connectivity index (χ4v) is 0.988. The lowest BCUT2D eigenvalue weighted by Crippen LogP contribution is -1.89. The second kappa shape index (κ2) is 3.19. The van der Waals surface area contributed by atoms with Crippen molar-refractivity contribution in [2.75, 3.05) is 0 Å². The fourth-order valence-electron chi connectivity index (χ4n) is 0.988. The van der Waals surface area contributed by atoms with Crippen LogP contribution in [-0.4, -0.2) is 10.2 Å². The quantitative estimate of drug-likeness (QED) is 0.618. The predicted octanol–water partition coefficient (Wildman–Crippen LogP) is 1.83. The van der Waals surface area contributed by atoms with Gasteiger partial charge in [0.1, 0.15) is 11.5 Å². The van der Waals surface area contributed by atoms with Crippen LogP contribution in [0.4, 0.5) is 0 Å². The molecule has 0 amide bonds. The van der Waals surface area contributed by atoms with Gasteiger partial charge in [-0.25, -0.2) is 0 Å². The first-order valence-corrected chi connectivity index (χ1v) is 3.63. The zero-order valence-corrected chi connectivity index (χ0v) is 6.78. The number of aromatic hydroxyl groups is 2. The molecule has 1 aromatic carbocycles. The SMILES string of the molecule is C#CC(C)c1ccc(O)cc1O. The Morgan fingerprint density at radius 1 is 1.42 bits per heavy atom. The summed E-state index contributed by atoms with van der Waals surface area (Å²) in [5, 5.41) is 18.3. The summed E-state index contributed by atoms with van der Waals surface area (Å²) in [6, 6.07) is 4.40. The number of phenols is 2. The molecule has 0 spiro atoms. The highest BCUT2D eigenvalue weighted by molar-refractivity contribution is 5.43. The molecule has 1 unspecified atom stereocenters. The van der Waals surface area contributed by atoms with Crippen LogP contribution >= 0.6 is 0 Å². The first kappa shape index (κ1) is 8.48. The molecule has 0 heterocycles. The lowest BCUT2D eigenvalue weighted by Gasteiger charge is -2.06. The van der Waals surface area contributed by atoms with E-state index in [1.54, 1.807) is 6.07 Å².